The van der Waals surface area contributed by atoms with Gasteiger partial charge in [-0.15, -0.1) is 0 Å². The van der Waals surface area contributed by atoms with Crippen molar-refractivity contribution in [3.05, 3.63) is 0 Å². The fraction of sp³-hybridized carbons (Fsp3) is 0.971. The highest BCUT2D eigenvalue weighted by Gasteiger charge is 2.25. The maximum atomic E-state index is 12.1. The van der Waals surface area contributed by atoms with Crippen molar-refractivity contribution >= 4 is 13.8 Å². The topological polar surface area (TPSA) is 102 Å². The van der Waals surface area contributed by atoms with Crippen LogP contribution in [0.2, 0.25) is 0 Å². The molecule has 9 heteroatoms. The third-order valence-corrected chi connectivity index (χ3v) is 8.91. The molecule has 0 amide bonds. The summed E-state index contributed by atoms with van der Waals surface area (Å²) in [5.41, 5.74) is 0. The maximum absolute atomic E-state index is 12.1. The Morgan fingerprint density at radius 1 is 0.651 bits per heavy atom. The van der Waals surface area contributed by atoms with Crippen LogP contribution in [0.4, 0.5) is 0 Å². The molecular formula is C34H71NO7P+. The van der Waals surface area contributed by atoms with Gasteiger partial charge in [0.1, 0.15) is 19.3 Å². The molecule has 258 valence electrons. The Kier molecular flexibility index (Phi) is 28.6. The van der Waals surface area contributed by atoms with E-state index in [4.69, 9.17) is 13.8 Å². The Labute approximate surface area is 265 Å². The number of nitrogens with zero attached hydrogens (tertiary/aromatic N) is 1. The van der Waals surface area contributed by atoms with Gasteiger partial charge in [0, 0.05) is 6.42 Å². The Hall–Kier alpha value is -0.500. The molecule has 0 bridgehead atoms. The van der Waals surface area contributed by atoms with Crippen LogP contribution in [0.5, 0.6) is 0 Å². The summed E-state index contributed by atoms with van der Waals surface area (Å²) < 4.78 is 27.6. The molecule has 2 N–H and O–H groups in total. The lowest BCUT2D eigenvalue weighted by molar-refractivity contribution is -0.870. The van der Waals surface area contributed by atoms with Gasteiger partial charge in [0.2, 0.25) is 0 Å². The molecule has 0 saturated heterocycles. The van der Waals surface area contributed by atoms with E-state index >= 15 is 0 Å². The number of ether oxygens (including phenoxy) is 1. The van der Waals surface area contributed by atoms with Gasteiger partial charge in [-0.05, 0) is 6.42 Å². The number of hydrogen-bond acceptors (Lipinski definition) is 6. The zero-order chi connectivity index (χ0) is 32.1. The van der Waals surface area contributed by atoms with E-state index in [2.05, 4.69) is 6.92 Å². The summed E-state index contributed by atoms with van der Waals surface area (Å²) in [6, 6.07) is 0. The quantitative estimate of drug-likeness (QED) is 0.0321. The number of carbonyl (C=O) groups is 1. The van der Waals surface area contributed by atoms with Crippen LogP contribution in [-0.2, 0) is 23.1 Å². The fourth-order valence-corrected chi connectivity index (χ4v) is 5.81. The second kappa shape index (κ2) is 28.9. The first-order chi connectivity index (χ1) is 20.6. The van der Waals surface area contributed by atoms with Gasteiger partial charge in [-0.1, -0.05) is 148 Å². The summed E-state index contributed by atoms with van der Waals surface area (Å²) in [5.74, 6) is -0.426. The van der Waals surface area contributed by atoms with Crippen LogP contribution in [0.15, 0.2) is 0 Å². The number of hydrogen-bond donors (Lipinski definition) is 2. The first kappa shape index (κ1) is 42.5. The van der Waals surface area contributed by atoms with E-state index in [1.54, 1.807) is 0 Å². The van der Waals surface area contributed by atoms with Crippen molar-refractivity contribution in [1.29, 1.82) is 0 Å². The van der Waals surface area contributed by atoms with E-state index in [9.17, 15) is 19.4 Å². The van der Waals surface area contributed by atoms with Gasteiger partial charge in [0.25, 0.3) is 0 Å². The number of esters is 1. The molecule has 0 fully saturated rings. The van der Waals surface area contributed by atoms with Gasteiger partial charge in [-0.2, -0.15) is 0 Å². The van der Waals surface area contributed by atoms with E-state index in [0.29, 0.717) is 11.0 Å². The van der Waals surface area contributed by atoms with Crippen LogP contribution in [0.3, 0.4) is 0 Å². The molecule has 0 rings (SSSR count). The van der Waals surface area contributed by atoms with Crippen molar-refractivity contribution in [2.75, 3.05) is 47.5 Å². The largest absolute Gasteiger partial charge is 0.472 e. The Bertz CT molecular complexity index is 672. The first-order valence-electron chi connectivity index (χ1n) is 17.8. The molecule has 0 radical (unpaired) electrons. The van der Waals surface area contributed by atoms with Gasteiger partial charge in [-0.3, -0.25) is 13.8 Å². The summed E-state index contributed by atoms with van der Waals surface area (Å²) in [4.78, 5) is 21.9. The van der Waals surface area contributed by atoms with E-state index < -0.39 is 26.5 Å². The molecule has 8 nitrogen and oxygen atoms in total. The molecule has 0 aliphatic carbocycles. The summed E-state index contributed by atoms with van der Waals surface area (Å²) in [6.45, 7) is 2.00. The van der Waals surface area contributed by atoms with Crippen molar-refractivity contribution in [2.24, 2.45) is 0 Å². The number of phosphoric acid groups is 1. The number of carbonyl (C=O) groups excluding carboxylic acids is 1. The number of aliphatic hydroxyl groups is 1. The van der Waals surface area contributed by atoms with E-state index in [1.807, 2.05) is 21.1 Å². The molecule has 0 aromatic carbocycles. The van der Waals surface area contributed by atoms with Crippen LogP contribution in [-0.4, -0.2) is 74.1 Å². The fourth-order valence-electron chi connectivity index (χ4n) is 5.07. The number of likely N-dealkylation sites (N-methyl/N-ethyl adjacent to an activating group) is 1. The molecular weight excluding hydrogens is 565 g/mol. The molecule has 0 saturated carbocycles. The summed E-state index contributed by atoms with van der Waals surface area (Å²) in [7, 11) is 1.56. The lowest BCUT2D eigenvalue weighted by Crippen LogP contribution is -2.37. The SMILES string of the molecule is CCCCCCCCCCCCCCCCCCCCCCCCCC(=O)O[C@H](CO)COP(=O)(O)OCC[N+](C)(C)C. The van der Waals surface area contributed by atoms with E-state index in [0.717, 1.165) is 19.3 Å². The number of aliphatic hydroxyl groups excluding tert-OH is 1. The van der Waals surface area contributed by atoms with Gasteiger partial charge >= 0.3 is 13.8 Å². The summed E-state index contributed by atoms with van der Waals surface area (Å²) in [6.07, 6.45) is 29.8. The average molecular weight is 637 g/mol. The van der Waals surface area contributed by atoms with Crippen LogP contribution in [0, 0.1) is 0 Å². The van der Waals surface area contributed by atoms with Crippen LogP contribution in [0.25, 0.3) is 0 Å². The second-order valence-electron chi connectivity index (χ2n) is 13.4. The van der Waals surface area contributed by atoms with Crippen molar-refractivity contribution in [3.8, 4) is 0 Å². The highest BCUT2D eigenvalue weighted by Crippen LogP contribution is 2.43. The van der Waals surface area contributed by atoms with Gasteiger partial charge in [0.05, 0.1) is 34.4 Å². The van der Waals surface area contributed by atoms with Crippen molar-refractivity contribution in [1.82, 2.24) is 0 Å². The van der Waals surface area contributed by atoms with Crippen molar-refractivity contribution in [3.63, 3.8) is 0 Å². The standard InChI is InChI=1S/C34H70NO7P/c1-5-6-7-8-9-10-11-12-13-14-15-16-17-18-19-20-21-22-23-24-25-26-27-28-34(37)42-33(31-36)32-41-43(38,39)40-30-29-35(2,3)4/h33,36H,5-32H2,1-4H3/p+1/t33-/m1/s1. The van der Waals surface area contributed by atoms with Crippen LogP contribution < -0.4 is 0 Å². The summed E-state index contributed by atoms with van der Waals surface area (Å²) >= 11 is 0. The van der Waals surface area contributed by atoms with E-state index in [-0.39, 0.29) is 19.6 Å². The van der Waals surface area contributed by atoms with Gasteiger partial charge in [-0.25, -0.2) is 4.57 Å². The number of rotatable bonds is 33. The minimum Gasteiger partial charge on any atom is -0.457 e. The molecule has 0 heterocycles. The zero-order valence-corrected chi connectivity index (χ0v) is 29.6. The first-order valence-corrected chi connectivity index (χ1v) is 19.3. The third-order valence-electron chi connectivity index (χ3n) is 7.93. The Morgan fingerprint density at radius 2 is 1.02 bits per heavy atom. The third kappa shape index (κ3) is 32.7. The highest BCUT2D eigenvalue weighted by molar-refractivity contribution is 7.47. The second-order valence-corrected chi connectivity index (χ2v) is 14.9. The lowest BCUT2D eigenvalue weighted by atomic mass is 10.0. The molecule has 1 unspecified atom stereocenters. The monoisotopic (exact) mass is 636 g/mol. The Morgan fingerprint density at radius 3 is 1.37 bits per heavy atom. The summed E-state index contributed by atoms with van der Waals surface area (Å²) in [5, 5.41) is 9.44. The molecule has 0 spiro atoms. The molecule has 0 aliphatic heterocycles. The molecule has 43 heavy (non-hydrogen) atoms. The van der Waals surface area contributed by atoms with Gasteiger partial charge < -0.3 is 19.2 Å². The molecule has 2 atom stereocenters. The predicted octanol–water partition coefficient (Wildman–Crippen LogP) is 9.11. The smallest absolute Gasteiger partial charge is 0.457 e. The minimum atomic E-state index is -4.26. The van der Waals surface area contributed by atoms with E-state index in [1.165, 1.54) is 128 Å². The number of quaternary nitrogens is 1. The number of phosphoric ester groups is 1. The lowest BCUT2D eigenvalue weighted by Gasteiger charge is -2.24. The molecule has 0 aromatic heterocycles. The number of unbranched alkanes of at least 4 members (excludes halogenated alkanes) is 22. The predicted molar refractivity (Wildman–Crippen MR) is 178 cm³/mol. The normalized spacial score (nSPS) is 14.1. The zero-order valence-electron chi connectivity index (χ0n) is 28.7. The molecule has 0 aromatic rings. The van der Waals surface area contributed by atoms with Crippen LogP contribution in [0.1, 0.15) is 161 Å². The van der Waals surface area contributed by atoms with Crippen LogP contribution >= 0.6 is 7.82 Å². The van der Waals surface area contributed by atoms with Crippen molar-refractivity contribution < 1.29 is 37.6 Å². The van der Waals surface area contributed by atoms with Gasteiger partial charge in [0.15, 0.2) is 0 Å². The van der Waals surface area contributed by atoms with Crippen molar-refractivity contribution in [2.45, 2.75) is 167 Å². The Balaban J connectivity index is 3.49. The highest BCUT2D eigenvalue weighted by atomic mass is 31.2. The minimum absolute atomic E-state index is 0.0559. The maximum Gasteiger partial charge on any atom is 0.472 e. The average Bonchev–Trinajstić information content (AvgIpc) is 2.94. The molecule has 0 aliphatic rings.